The minimum Gasteiger partial charge on any atom is -0.493 e. The van der Waals surface area contributed by atoms with Crippen LogP contribution in [-0.4, -0.2) is 31.6 Å². The zero-order valence-corrected chi connectivity index (χ0v) is 12.2. The average molecular weight is 263 g/mol. The Labute approximate surface area is 114 Å². The smallest absolute Gasteiger partial charge is 0.219 e. The molecule has 0 saturated heterocycles. The molecule has 1 aromatic rings. The number of methoxy groups -OCH3 is 2. The second kappa shape index (κ2) is 4.76. The monoisotopic (exact) mass is 263 g/mol. The summed E-state index contributed by atoms with van der Waals surface area (Å²) in [5, 5.41) is 0. The number of carbonyl (C=O) groups excluding carboxylic acids is 1. The van der Waals surface area contributed by atoms with E-state index in [9.17, 15) is 4.79 Å². The average Bonchev–Trinajstić information content (AvgIpc) is 2.36. The number of fused-ring (bicyclic) bond motifs is 1. The summed E-state index contributed by atoms with van der Waals surface area (Å²) >= 11 is 0. The van der Waals surface area contributed by atoms with E-state index in [1.807, 2.05) is 17.0 Å². The molecule has 0 unspecified atom stereocenters. The van der Waals surface area contributed by atoms with Gasteiger partial charge in [0.15, 0.2) is 11.5 Å². The van der Waals surface area contributed by atoms with Crippen LogP contribution in [0.1, 0.15) is 31.9 Å². The molecule has 0 atom stereocenters. The van der Waals surface area contributed by atoms with Crippen LogP contribution in [0, 0.1) is 0 Å². The summed E-state index contributed by atoms with van der Waals surface area (Å²) in [6.45, 7) is 7.26. The zero-order chi connectivity index (χ0) is 14.2. The van der Waals surface area contributed by atoms with Gasteiger partial charge in [-0.15, -0.1) is 0 Å². The summed E-state index contributed by atoms with van der Waals surface area (Å²) in [6, 6.07) is 4.01. The first kappa shape index (κ1) is 13.7. The molecule has 0 saturated carbocycles. The van der Waals surface area contributed by atoms with Crippen molar-refractivity contribution >= 4 is 5.91 Å². The first-order valence-electron chi connectivity index (χ1n) is 6.40. The number of benzene rings is 1. The third-order valence-electron chi connectivity index (χ3n) is 3.73. The van der Waals surface area contributed by atoms with E-state index in [4.69, 9.17) is 9.47 Å². The molecule has 1 aliphatic rings. The van der Waals surface area contributed by atoms with E-state index in [2.05, 4.69) is 13.8 Å². The Morgan fingerprint density at radius 3 is 2.32 bits per heavy atom. The number of hydrogen-bond acceptors (Lipinski definition) is 3. The van der Waals surface area contributed by atoms with E-state index in [-0.39, 0.29) is 11.3 Å². The second-order valence-corrected chi connectivity index (χ2v) is 5.62. The van der Waals surface area contributed by atoms with Crippen LogP contribution < -0.4 is 9.47 Å². The highest BCUT2D eigenvalue weighted by atomic mass is 16.5. The van der Waals surface area contributed by atoms with Crippen LogP contribution in [0.2, 0.25) is 0 Å². The molecule has 0 aromatic heterocycles. The lowest BCUT2D eigenvalue weighted by atomic mass is 9.78. The fourth-order valence-electron chi connectivity index (χ4n) is 2.73. The first-order chi connectivity index (χ1) is 8.89. The Bertz CT molecular complexity index is 508. The molecule has 0 fully saturated rings. The number of ether oxygens (including phenoxy) is 2. The molecular formula is C15H21NO3. The van der Waals surface area contributed by atoms with Gasteiger partial charge in [0.05, 0.1) is 14.2 Å². The van der Waals surface area contributed by atoms with Crippen LogP contribution in [0.5, 0.6) is 11.5 Å². The Balaban J connectivity index is 2.53. The minimum atomic E-state index is -0.0845. The Morgan fingerprint density at radius 1 is 1.21 bits per heavy atom. The van der Waals surface area contributed by atoms with Gasteiger partial charge in [-0.05, 0) is 23.3 Å². The van der Waals surface area contributed by atoms with E-state index in [1.165, 1.54) is 5.56 Å². The van der Waals surface area contributed by atoms with E-state index >= 15 is 0 Å². The van der Waals surface area contributed by atoms with Crippen molar-refractivity contribution in [1.82, 2.24) is 4.90 Å². The first-order valence-corrected chi connectivity index (χ1v) is 6.40. The lowest BCUT2D eigenvalue weighted by Gasteiger charge is -2.40. The standard InChI is InChI=1S/C15H21NO3/c1-10(17)16-8-11-6-13(18-4)14(19-5)7-12(11)15(2,3)9-16/h6-7H,8-9H2,1-5H3. The molecule has 1 aromatic carbocycles. The van der Waals surface area contributed by atoms with Gasteiger partial charge in [0.1, 0.15) is 0 Å². The van der Waals surface area contributed by atoms with Crippen molar-refractivity contribution in [1.29, 1.82) is 0 Å². The lowest BCUT2D eigenvalue weighted by Crippen LogP contribution is -2.44. The maximum Gasteiger partial charge on any atom is 0.219 e. The highest BCUT2D eigenvalue weighted by molar-refractivity contribution is 5.74. The molecule has 4 nitrogen and oxygen atoms in total. The van der Waals surface area contributed by atoms with Gasteiger partial charge in [-0.1, -0.05) is 13.8 Å². The molecule has 0 aliphatic carbocycles. The van der Waals surface area contributed by atoms with Crippen molar-refractivity contribution in [3.63, 3.8) is 0 Å². The molecular weight excluding hydrogens is 242 g/mol. The Morgan fingerprint density at radius 2 is 1.79 bits per heavy atom. The molecule has 104 valence electrons. The molecule has 1 amide bonds. The molecule has 0 radical (unpaired) electrons. The van der Waals surface area contributed by atoms with Crippen molar-refractivity contribution in [3.8, 4) is 11.5 Å². The third kappa shape index (κ3) is 2.39. The molecule has 19 heavy (non-hydrogen) atoms. The SMILES string of the molecule is COc1cc2c(cc1OC)C(C)(C)CN(C(C)=O)C2. The summed E-state index contributed by atoms with van der Waals surface area (Å²) in [7, 11) is 3.27. The summed E-state index contributed by atoms with van der Waals surface area (Å²) < 4.78 is 10.7. The van der Waals surface area contributed by atoms with Gasteiger partial charge in [0.2, 0.25) is 5.91 Å². The van der Waals surface area contributed by atoms with Crippen molar-refractivity contribution in [2.24, 2.45) is 0 Å². The summed E-state index contributed by atoms with van der Waals surface area (Å²) in [6.07, 6.45) is 0. The van der Waals surface area contributed by atoms with Gasteiger partial charge in [-0.2, -0.15) is 0 Å². The normalized spacial score (nSPS) is 16.8. The van der Waals surface area contributed by atoms with Crippen LogP contribution in [0.15, 0.2) is 12.1 Å². The van der Waals surface area contributed by atoms with Crippen LogP contribution in [-0.2, 0) is 16.8 Å². The highest BCUT2D eigenvalue weighted by Gasteiger charge is 2.34. The third-order valence-corrected chi connectivity index (χ3v) is 3.73. The predicted molar refractivity (Wildman–Crippen MR) is 73.7 cm³/mol. The molecule has 0 spiro atoms. The maximum atomic E-state index is 11.6. The van der Waals surface area contributed by atoms with Crippen molar-refractivity contribution in [3.05, 3.63) is 23.3 Å². The number of hydrogen-bond donors (Lipinski definition) is 0. The highest BCUT2D eigenvalue weighted by Crippen LogP contribution is 2.40. The van der Waals surface area contributed by atoms with Crippen molar-refractivity contribution in [2.45, 2.75) is 32.7 Å². The van der Waals surface area contributed by atoms with E-state index < -0.39 is 0 Å². The number of rotatable bonds is 2. The van der Waals surface area contributed by atoms with Crippen molar-refractivity contribution in [2.75, 3.05) is 20.8 Å². The largest absolute Gasteiger partial charge is 0.493 e. The van der Waals surface area contributed by atoms with Gasteiger partial charge >= 0.3 is 0 Å². The minimum absolute atomic E-state index is 0.0845. The summed E-state index contributed by atoms with van der Waals surface area (Å²) in [5.41, 5.74) is 2.27. The quantitative estimate of drug-likeness (QED) is 0.822. The predicted octanol–water partition coefficient (Wildman–Crippen LogP) is 2.34. The van der Waals surface area contributed by atoms with Crippen LogP contribution in [0.25, 0.3) is 0 Å². The van der Waals surface area contributed by atoms with E-state index in [0.29, 0.717) is 12.3 Å². The molecule has 4 heteroatoms. The van der Waals surface area contributed by atoms with Gasteiger partial charge < -0.3 is 14.4 Å². The molecule has 0 N–H and O–H groups in total. The van der Waals surface area contributed by atoms with Gasteiger partial charge in [0, 0.05) is 25.4 Å². The Kier molecular flexibility index (Phi) is 3.43. The lowest BCUT2D eigenvalue weighted by molar-refractivity contribution is -0.130. The van der Waals surface area contributed by atoms with Crippen LogP contribution in [0.3, 0.4) is 0 Å². The maximum absolute atomic E-state index is 11.6. The number of carbonyl (C=O) groups is 1. The Hall–Kier alpha value is -1.71. The molecule has 0 bridgehead atoms. The topological polar surface area (TPSA) is 38.8 Å². The van der Waals surface area contributed by atoms with Crippen LogP contribution in [0.4, 0.5) is 0 Å². The molecule has 1 aliphatic heterocycles. The summed E-state index contributed by atoms with van der Waals surface area (Å²) in [4.78, 5) is 13.5. The fourth-order valence-corrected chi connectivity index (χ4v) is 2.73. The fraction of sp³-hybridized carbons (Fsp3) is 0.533. The van der Waals surface area contributed by atoms with Gasteiger partial charge in [-0.3, -0.25) is 4.79 Å². The number of amides is 1. The zero-order valence-electron chi connectivity index (χ0n) is 12.2. The number of nitrogens with zero attached hydrogens (tertiary/aromatic N) is 1. The summed E-state index contributed by atoms with van der Waals surface area (Å²) in [5.74, 6) is 1.56. The van der Waals surface area contributed by atoms with Crippen molar-refractivity contribution < 1.29 is 14.3 Å². The van der Waals surface area contributed by atoms with E-state index in [1.54, 1.807) is 21.1 Å². The molecule has 2 rings (SSSR count). The van der Waals surface area contributed by atoms with E-state index in [0.717, 1.165) is 17.9 Å². The van der Waals surface area contributed by atoms with Gasteiger partial charge in [-0.25, -0.2) is 0 Å². The van der Waals surface area contributed by atoms with Gasteiger partial charge in [0.25, 0.3) is 0 Å². The van der Waals surface area contributed by atoms with Crippen LogP contribution >= 0.6 is 0 Å². The molecule has 1 heterocycles. The second-order valence-electron chi connectivity index (χ2n) is 5.62.